The molecule has 1 heterocycles. The van der Waals surface area contributed by atoms with Crippen LogP contribution in [-0.4, -0.2) is 35.7 Å². The standard InChI is InChI=1S/C28H38N2O3/c1-27(2,3)23-15-20(16-24(25(23)31)28(4,5)6)26-29-21(18-33-26)13-14-32-22-11-9-19(10-12-22)17-30(7)8/h9-12,15-16,18,31H,13-14,17H2,1-8H3. The van der Waals surface area contributed by atoms with Crippen LogP contribution in [0.1, 0.15) is 63.9 Å². The molecule has 0 saturated carbocycles. The second-order valence-corrected chi connectivity index (χ2v) is 11.0. The Kier molecular flexibility index (Phi) is 7.23. The van der Waals surface area contributed by atoms with E-state index in [-0.39, 0.29) is 10.8 Å². The third-order valence-electron chi connectivity index (χ3n) is 5.57. The van der Waals surface area contributed by atoms with Gasteiger partial charge in [-0.05, 0) is 54.8 Å². The summed E-state index contributed by atoms with van der Waals surface area (Å²) in [5.41, 5.74) is 4.36. The summed E-state index contributed by atoms with van der Waals surface area (Å²) in [6.07, 6.45) is 2.35. The molecule has 0 spiro atoms. The normalized spacial score (nSPS) is 12.4. The van der Waals surface area contributed by atoms with Gasteiger partial charge >= 0.3 is 0 Å². The van der Waals surface area contributed by atoms with Gasteiger partial charge in [0.2, 0.25) is 5.89 Å². The lowest BCUT2D eigenvalue weighted by molar-refractivity contribution is 0.320. The molecule has 5 nitrogen and oxygen atoms in total. The van der Waals surface area contributed by atoms with Gasteiger partial charge in [0.15, 0.2) is 0 Å². The quantitative estimate of drug-likeness (QED) is 0.456. The Balaban J connectivity index is 1.73. The number of nitrogens with zero attached hydrogens (tertiary/aromatic N) is 2. The fourth-order valence-corrected chi connectivity index (χ4v) is 3.79. The second kappa shape index (κ2) is 9.60. The summed E-state index contributed by atoms with van der Waals surface area (Å²) < 4.78 is 11.7. The zero-order valence-electron chi connectivity index (χ0n) is 21.3. The summed E-state index contributed by atoms with van der Waals surface area (Å²) in [7, 11) is 4.12. The average molecular weight is 451 g/mol. The molecule has 0 aliphatic heterocycles. The number of rotatable bonds is 7. The van der Waals surface area contributed by atoms with Crippen LogP contribution < -0.4 is 4.74 Å². The minimum Gasteiger partial charge on any atom is -0.507 e. The fourth-order valence-electron chi connectivity index (χ4n) is 3.79. The van der Waals surface area contributed by atoms with Crippen molar-refractivity contribution in [1.29, 1.82) is 0 Å². The van der Waals surface area contributed by atoms with Crippen LogP contribution in [0.15, 0.2) is 47.1 Å². The van der Waals surface area contributed by atoms with E-state index in [1.54, 1.807) is 6.26 Å². The first kappa shape index (κ1) is 24.8. The molecule has 0 atom stereocenters. The molecule has 0 aliphatic rings. The summed E-state index contributed by atoms with van der Waals surface area (Å²) in [6, 6.07) is 12.2. The zero-order chi connectivity index (χ0) is 24.4. The van der Waals surface area contributed by atoms with E-state index < -0.39 is 0 Å². The first-order valence-electron chi connectivity index (χ1n) is 11.5. The smallest absolute Gasteiger partial charge is 0.226 e. The Morgan fingerprint density at radius 2 is 1.52 bits per heavy atom. The highest BCUT2D eigenvalue weighted by atomic mass is 16.5. The summed E-state index contributed by atoms with van der Waals surface area (Å²) in [6.45, 7) is 14.0. The van der Waals surface area contributed by atoms with Crippen molar-refractivity contribution in [1.82, 2.24) is 9.88 Å². The number of hydrogen-bond acceptors (Lipinski definition) is 5. The van der Waals surface area contributed by atoms with Gasteiger partial charge in [-0.15, -0.1) is 0 Å². The lowest BCUT2D eigenvalue weighted by Crippen LogP contribution is -2.17. The summed E-state index contributed by atoms with van der Waals surface area (Å²) >= 11 is 0. The van der Waals surface area contributed by atoms with Crippen molar-refractivity contribution in [2.24, 2.45) is 0 Å². The maximum absolute atomic E-state index is 11.0. The van der Waals surface area contributed by atoms with E-state index in [0.29, 0.717) is 24.7 Å². The van der Waals surface area contributed by atoms with Gasteiger partial charge in [-0.2, -0.15) is 0 Å². The Bertz CT molecular complexity index is 1030. The highest BCUT2D eigenvalue weighted by Gasteiger charge is 2.27. The van der Waals surface area contributed by atoms with E-state index in [2.05, 4.69) is 72.7 Å². The molecular weight excluding hydrogens is 412 g/mol. The van der Waals surface area contributed by atoms with Gasteiger partial charge in [0.25, 0.3) is 0 Å². The van der Waals surface area contributed by atoms with Crippen molar-refractivity contribution in [2.75, 3.05) is 20.7 Å². The largest absolute Gasteiger partial charge is 0.507 e. The first-order chi connectivity index (χ1) is 15.3. The molecule has 0 amide bonds. The lowest BCUT2D eigenvalue weighted by atomic mass is 9.78. The van der Waals surface area contributed by atoms with E-state index in [0.717, 1.165) is 34.7 Å². The van der Waals surface area contributed by atoms with E-state index >= 15 is 0 Å². The number of benzene rings is 2. The van der Waals surface area contributed by atoms with E-state index in [1.807, 2.05) is 24.3 Å². The zero-order valence-corrected chi connectivity index (χ0v) is 21.3. The van der Waals surface area contributed by atoms with Crippen LogP contribution >= 0.6 is 0 Å². The molecular formula is C28H38N2O3. The van der Waals surface area contributed by atoms with E-state index in [9.17, 15) is 5.11 Å². The monoisotopic (exact) mass is 450 g/mol. The molecule has 0 radical (unpaired) electrons. The molecule has 0 unspecified atom stereocenters. The van der Waals surface area contributed by atoms with E-state index in [1.165, 1.54) is 5.56 Å². The minimum absolute atomic E-state index is 0.203. The number of hydrogen-bond donors (Lipinski definition) is 1. The van der Waals surface area contributed by atoms with Gasteiger partial charge in [-0.1, -0.05) is 53.7 Å². The SMILES string of the molecule is CN(C)Cc1ccc(OCCc2coc(-c3cc(C(C)(C)C)c(O)c(C(C)(C)C)c3)n2)cc1. The molecule has 2 aromatic carbocycles. The van der Waals surface area contributed by atoms with Gasteiger partial charge in [0.05, 0.1) is 12.3 Å². The molecule has 33 heavy (non-hydrogen) atoms. The summed E-state index contributed by atoms with van der Waals surface area (Å²) in [5, 5.41) is 11.0. The van der Waals surface area contributed by atoms with Crippen LogP contribution in [0.5, 0.6) is 11.5 Å². The Morgan fingerprint density at radius 1 is 0.939 bits per heavy atom. The molecule has 3 aromatic rings. The van der Waals surface area contributed by atoms with Crippen LogP contribution in [0.4, 0.5) is 0 Å². The first-order valence-corrected chi connectivity index (χ1v) is 11.5. The molecule has 1 aromatic heterocycles. The van der Waals surface area contributed by atoms with Gasteiger partial charge in [0.1, 0.15) is 17.8 Å². The molecule has 1 N–H and O–H groups in total. The van der Waals surface area contributed by atoms with Crippen molar-refractivity contribution < 1.29 is 14.3 Å². The third-order valence-corrected chi connectivity index (χ3v) is 5.57. The predicted octanol–water partition coefficient (Wildman–Crippen LogP) is 6.33. The van der Waals surface area contributed by atoms with Crippen molar-refractivity contribution in [3.63, 3.8) is 0 Å². The number of ether oxygens (including phenoxy) is 1. The van der Waals surface area contributed by atoms with Crippen LogP contribution in [0.3, 0.4) is 0 Å². The molecule has 0 aliphatic carbocycles. The van der Waals surface area contributed by atoms with Crippen LogP contribution in [-0.2, 0) is 23.8 Å². The number of oxazole rings is 1. The lowest BCUT2D eigenvalue weighted by Gasteiger charge is -2.27. The van der Waals surface area contributed by atoms with Crippen LogP contribution in [0, 0.1) is 0 Å². The van der Waals surface area contributed by atoms with Crippen molar-refractivity contribution in [3.05, 3.63) is 65.0 Å². The Hall–Kier alpha value is -2.79. The molecule has 3 rings (SSSR count). The topological polar surface area (TPSA) is 58.7 Å². The minimum atomic E-state index is -0.203. The van der Waals surface area contributed by atoms with Crippen LogP contribution in [0.25, 0.3) is 11.5 Å². The van der Waals surface area contributed by atoms with Gasteiger partial charge in [0, 0.05) is 29.7 Å². The number of aromatic hydroxyl groups is 1. The second-order valence-electron chi connectivity index (χ2n) is 11.0. The predicted molar refractivity (Wildman–Crippen MR) is 134 cm³/mol. The van der Waals surface area contributed by atoms with Gasteiger partial charge in [-0.3, -0.25) is 0 Å². The maximum atomic E-state index is 11.0. The Labute approximate surface area is 198 Å². The highest BCUT2D eigenvalue weighted by Crippen LogP contribution is 2.41. The van der Waals surface area contributed by atoms with Crippen molar-refractivity contribution >= 4 is 0 Å². The molecule has 5 heteroatoms. The number of phenolic OH excluding ortho intramolecular Hbond substituents is 1. The molecule has 0 fully saturated rings. The molecule has 0 bridgehead atoms. The average Bonchev–Trinajstić information content (AvgIpc) is 3.16. The molecule has 0 saturated heterocycles. The fraction of sp³-hybridized carbons (Fsp3) is 0.464. The number of aromatic nitrogens is 1. The van der Waals surface area contributed by atoms with Crippen molar-refractivity contribution in [3.8, 4) is 23.0 Å². The molecule has 178 valence electrons. The third kappa shape index (κ3) is 6.38. The maximum Gasteiger partial charge on any atom is 0.226 e. The summed E-state index contributed by atoms with van der Waals surface area (Å²) in [5.74, 6) is 1.77. The van der Waals surface area contributed by atoms with Crippen LogP contribution in [0.2, 0.25) is 0 Å². The Morgan fingerprint density at radius 3 is 2.03 bits per heavy atom. The number of phenols is 1. The highest BCUT2D eigenvalue weighted by molar-refractivity contribution is 5.63. The van der Waals surface area contributed by atoms with E-state index in [4.69, 9.17) is 14.1 Å². The van der Waals surface area contributed by atoms with Gasteiger partial charge < -0.3 is 19.2 Å². The van der Waals surface area contributed by atoms with Crippen molar-refractivity contribution in [2.45, 2.75) is 65.3 Å². The summed E-state index contributed by atoms with van der Waals surface area (Å²) in [4.78, 5) is 6.84. The van der Waals surface area contributed by atoms with Gasteiger partial charge in [-0.25, -0.2) is 4.98 Å².